The fraction of sp³-hybridized carbons (Fsp3) is 0.256. The summed E-state index contributed by atoms with van der Waals surface area (Å²) in [6.07, 6.45) is 1.38. The van der Waals surface area contributed by atoms with Crippen LogP contribution in [0.15, 0.2) is 89.5 Å². The van der Waals surface area contributed by atoms with Crippen molar-refractivity contribution in [2.24, 2.45) is 0 Å². The lowest BCUT2D eigenvalue weighted by atomic mass is 10.0. The van der Waals surface area contributed by atoms with Crippen LogP contribution in [0.2, 0.25) is 0 Å². The molecule has 11 nitrogen and oxygen atoms in total. The van der Waals surface area contributed by atoms with Crippen molar-refractivity contribution in [2.45, 2.75) is 56.4 Å². The van der Waals surface area contributed by atoms with Crippen molar-refractivity contribution >= 4 is 69.6 Å². The molecule has 0 bridgehead atoms. The van der Waals surface area contributed by atoms with Crippen LogP contribution >= 0.6 is 23.1 Å². The molecule has 0 aliphatic carbocycles. The number of esters is 1. The third-order valence-electron chi connectivity index (χ3n) is 7.82. The van der Waals surface area contributed by atoms with Gasteiger partial charge in [-0.3, -0.25) is 14.4 Å². The Morgan fingerprint density at radius 2 is 1.68 bits per heavy atom. The van der Waals surface area contributed by atoms with Crippen molar-refractivity contribution in [3.63, 3.8) is 0 Å². The van der Waals surface area contributed by atoms with Gasteiger partial charge in [0.1, 0.15) is 22.1 Å². The van der Waals surface area contributed by atoms with Crippen LogP contribution in [0.3, 0.4) is 0 Å². The zero-order chi connectivity index (χ0) is 38.3. The molecule has 1 aliphatic rings. The van der Waals surface area contributed by atoms with Gasteiger partial charge in [-0.25, -0.2) is 14.0 Å². The van der Waals surface area contributed by atoms with E-state index in [-0.39, 0.29) is 23.7 Å². The number of thiophene rings is 1. The fourth-order valence-corrected chi connectivity index (χ4v) is 7.46. The Bertz CT molecular complexity index is 2040. The Morgan fingerprint density at radius 3 is 2.36 bits per heavy atom. The number of fused-ring (bicyclic) bond motifs is 1. The van der Waals surface area contributed by atoms with Gasteiger partial charge < -0.3 is 30.3 Å². The minimum absolute atomic E-state index is 0.0643. The van der Waals surface area contributed by atoms with E-state index in [1.54, 1.807) is 87.2 Å². The summed E-state index contributed by atoms with van der Waals surface area (Å²) in [4.78, 5) is 68.6. The predicted octanol–water partition coefficient (Wildman–Crippen LogP) is 7.50. The van der Waals surface area contributed by atoms with Crippen LogP contribution in [0.1, 0.15) is 64.4 Å². The molecule has 1 aromatic heterocycles. The van der Waals surface area contributed by atoms with Gasteiger partial charge in [0.15, 0.2) is 0 Å². The van der Waals surface area contributed by atoms with Gasteiger partial charge in [0.25, 0.3) is 11.8 Å². The molecule has 1 unspecified atom stereocenters. The number of benzene rings is 3. The number of halogens is 1. The second kappa shape index (κ2) is 16.9. The van der Waals surface area contributed by atoms with E-state index in [1.165, 1.54) is 60.5 Å². The molecule has 4 amide bonds. The van der Waals surface area contributed by atoms with Crippen LogP contribution in [0.25, 0.3) is 6.08 Å². The van der Waals surface area contributed by atoms with Crippen LogP contribution < -0.4 is 16.0 Å². The molecular weight excluding hydrogens is 720 g/mol. The molecule has 5 rings (SSSR count). The highest BCUT2D eigenvalue weighted by molar-refractivity contribution is 8.00. The normalized spacial score (nSPS) is 13.3. The molecule has 1 aliphatic heterocycles. The molecule has 53 heavy (non-hydrogen) atoms. The number of nitrogens with one attached hydrogen (secondary N) is 3. The molecular formula is C39H39FN4O7S2. The molecule has 0 radical (unpaired) electrons. The number of anilines is 2. The van der Waals surface area contributed by atoms with Gasteiger partial charge in [-0.05, 0) is 93.8 Å². The first-order valence-corrected chi connectivity index (χ1v) is 18.3. The number of amides is 4. The number of ether oxygens (including phenoxy) is 2. The van der Waals surface area contributed by atoms with Gasteiger partial charge >= 0.3 is 12.1 Å². The van der Waals surface area contributed by atoms with Crippen molar-refractivity contribution < 1.29 is 37.8 Å². The summed E-state index contributed by atoms with van der Waals surface area (Å²) in [5.41, 5.74) is 1.53. The molecule has 0 saturated heterocycles. The maximum atomic E-state index is 13.6. The highest BCUT2D eigenvalue weighted by Crippen LogP contribution is 2.38. The van der Waals surface area contributed by atoms with E-state index in [0.29, 0.717) is 39.7 Å². The zero-order valence-corrected chi connectivity index (χ0v) is 31.4. The van der Waals surface area contributed by atoms with Crippen molar-refractivity contribution in [2.75, 3.05) is 24.3 Å². The highest BCUT2D eigenvalue weighted by Gasteiger charge is 2.33. The number of rotatable bonds is 10. The van der Waals surface area contributed by atoms with Crippen molar-refractivity contribution in [3.8, 4) is 0 Å². The molecule has 0 saturated carbocycles. The summed E-state index contributed by atoms with van der Waals surface area (Å²) in [6, 6.07) is 20.7. The summed E-state index contributed by atoms with van der Waals surface area (Å²) < 4.78 is 24.1. The van der Waals surface area contributed by atoms with E-state index in [0.717, 1.165) is 10.4 Å². The van der Waals surface area contributed by atoms with Crippen LogP contribution in [0.4, 0.5) is 19.9 Å². The SMILES string of the molecule is COC(=O)c1c(NC(=O)C(C)Sc2cccc(NC(=O)/C(=C\c3ccc(F)cc3)NC(=O)c3ccccc3)c2)sc2c1CCN(C(=O)OC(C)(C)C)C2. The number of carbonyl (C=O) groups is 5. The number of hydrogen-bond donors (Lipinski definition) is 3. The summed E-state index contributed by atoms with van der Waals surface area (Å²) in [6.45, 7) is 7.66. The molecule has 14 heteroatoms. The maximum Gasteiger partial charge on any atom is 0.410 e. The molecule has 2 heterocycles. The van der Waals surface area contributed by atoms with Gasteiger partial charge in [0.05, 0.1) is 24.5 Å². The highest BCUT2D eigenvalue weighted by atomic mass is 32.2. The molecule has 3 aromatic carbocycles. The molecule has 3 N–H and O–H groups in total. The minimum atomic E-state index is -0.659. The van der Waals surface area contributed by atoms with Crippen LogP contribution in [0.5, 0.6) is 0 Å². The van der Waals surface area contributed by atoms with Crippen LogP contribution in [-0.4, -0.2) is 59.2 Å². The molecule has 276 valence electrons. The van der Waals surface area contributed by atoms with E-state index < -0.39 is 40.5 Å². The average Bonchev–Trinajstić information content (AvgIpc) is 3.48. The Morgan fingerprint density at radius 1 is 0.962 bits per heavy atom. The van der Waals surface area contributed by atoms with E-state index in [9.17, 15) is 28.4 Å². The number of hydrogen-bond acceptors (Lipinski definition) is 9. The lowest BCUT2D eigenvalue weighted by Crippen LogP contribution is -2.39. The van der Waals surface area contributed by atoms with Gasteiger partial charge in [0.2, 0.25) is 5.91 Å². The Balaban J connectivity index is 1.28. The van der Waals surface area contributed by atoms with Crippen molar-refractivity contribution in [1.29, 1.82) is 0 Å². The van der Waals surface area contributed by atoms with E-state index in [4.69, 9.17) is 9.47 Å². The average molecular weight is 759 g/mol. The van der Waals surface area contributed by atoms with Gasteiger partial charge in [-0.2, -0.15) is 0 Å². The second-order valence-corrected chi connectivity index (χ2v) is 15.5. The molecule has 4 aromatic rings. The summed E-state index contributed by atoms with van der Waals surface area (Å²) >= 11 is 2.45. The van der Waals surface area contributed by atoms with E-state index in [1.807, 2.05) is 0 Å². The first-order chi connectivity index (χ1) is 25.2. The molecule has 1 atom stereocenters. The van der Waals surface area contributed by atoms with Crippen LogP contribution in [-0.2, 0) is 32.0 Å². The third-order valence-corrected chi connectivity index (χ3v) is 10.0. The van der Waals surface area contributed by atoms with Crippen molar-refractivity contribution in [1.82, 2.24) is 10.2 Å². The number of nitrogens with zero attached hydrogens (tertiary/aromatic N) is 1. The Hall–Kier alpha value is -5.47. The first-order valence-electron chi connectivity index (χ1n) is 16.6. The monoisotopic (exact) mass is 758 g/mol. The third kappa shape index (κ3) is 10.3. The smallest absolute Gasteiger partial charge is 0.410 e. The van der Waals surface area contributed by atoms with Crippen LogP contribution in [0, 0.1) is 5.82 Å². The topological polar surface area (TPSA) is 143 Å². The zero-order valence-electron chi connectivity index (χ0n) is 29.8. The Labute approximate surface area is 314 Å². The first kappa shape index (κ1) is 38.8. The second-order valence-electron chi connectivity index (χ2n) is 13.0. The largest absolute Gasteiger partial charge is 0.465 e. The summed E-state index contributed by atoms with van der Waals surface area (Å²) in [7, 11) is 1.27. The number of methoxy groups -OCH3 is 1. The lowest BCUT2D eigenvalue weighted by Gasteiger charge is -2.30. The fourth-order valence-electron chi connectivity index (χ4n) is 5.28. The number of carbonyl (C=O) groups excluding carboxylic acids is 5. The molecule has 0 fully saturated rings. The summed E-state index contributed by atoms with van der Waals surface area (Å²) in [5, 5.41) is 8.04. The van der Waals surface area contributed by atoms with Crippen molar-refractivity contribution in [3.05, 3.63) is 118 Å². The van der Waals surface area contributed by atoms with Gasteiger partial charge in [0, 0.05) is 27.6 Å². The van der Waals surface area contributed by atoms with E-state index in [2.05, 4.69) is 16.0 Å². The Kier molecular flexibility index (Phi) is 12.4. The van der Waals surface area contributed by atoms with E-state index >= 15 is 0 Å². The molecule has 0 spiro atoms. The van der Waals surface area contributed by atoms with Gasteiger partial charge in [-0.15, -0.1) is 23.1 Å². The lowest BCUT2D eigenvalue weighted by molar-refractivity contribution is -0.115. The van der Waals surface area contributed by atoms with Gasteiger partial charge in [-0.1, -0.05) is 36.4 Å². The summed E-state index contributed by atoms with van der Waals surface area (Å²) in [5.74, 6) is -2.51. The number of thioether (sulfide) groups is 1. The maximum absolute atomic E-state index is 13.6. The quantitative estimate of drug-likeness (QED) is 0.0858. The predicted molar refractivity (Wildman–Crippen MR) is 203 cm³/mol. The minimum Gasteiger partial charge on any atom is -0.465 e. The standard InChI is InChI=1S/C39H39FN4O7S2/c1-23(33(45)43-36-32(37(48)50-5)29-18-19-44(22-31(29)53-36)38(49)51-39(2,3)4)52-28-13-9-12-27(21-28)41-35(47)30(20-24-14-16-26(40)17-15-24)42-34(46)25-10-7-6-8-11-25/h6-17,20-21,23H,18-19,22H2,1-5H3,(H,41,47)(H,42,46)(H,43,45)/b30-20+.